The van der Waals surface area contributed by atoms with Gasteiger partial charge in [0.2, 0.25) is 5.88 Å². The van der Waals surface area contributed by atoms with Gasteiger partial charge in [0, 0.05) is 36.6 Å². The van der Waals surface area contributed by atoms with Crippen LogP contribution in [0.4, 0.5) is 8.78 Å². The van der Waals surface area contributed by atoms with Crippen LogP contribution in [-0.4, -0.2) is 73.9 Å². The molecule has 0 radical (unpaired) electrons. The molecule has 2 saturated heterocycles. The van der Waals surface area contributed by atoms with Gasteiger partial charge in [-0.15, -0.1) is 5.54 Å². The highest BCUT2D eigenvalue weighted by Gasteiger charge is 2.49. The molecule has 0 N–H and O–H groups in total. The van der Waals surface area contributed by atoms with Crippen LogP contribution in [0.25, 0.3) is 32.8 Å². The molecule has 3 heterocycles. The van der Waals surface area contributed by atoms with Crippen LogP contribution >= 0.6 is 11.6 Å². The molecule has 11 heteroatoms. The summed E-state index contributed by atoms with van der Waals surface area (Å²) in [6, 6.07) is 11.2. The Morgan fingerprint density at radius 3 is 2.43 bits per heavy atom. The van der Waals surface area contributed by atoms with E-state index in [1.54, 1.807) is 19.2 Å². The van der Waals surface area contributed by atoms with Gasteiger partial charge in [-0.25, -0.2) is 8.78 Å². The highest BCUT2D eigenvalue weighted by atomic mass is 35.5. The van der Waals surface area contributed by atoms with Crippen LogP contribution in [0.3, 0.4) is 0 Å². The fourth-order valence-corrected chi connectivity index (χ4v) is 14.5. The van der Waals surface area contributed by atoms with Gasteiger partial charge in [-0.2, -0.15) is 9.97 Å². The van der Waals surface area contributed by atoms with Crippen molar-refractivity contribution in [3.8, 4) is 40.2 Å². The molecule has 54 heavy (non-hydrogen) atoms. The maximum Gasteiger partial charge on any atom is 0.320 e. The third-order valence-corrected chi connectivity index (χ3v) is 17.9. The summed E-state index contributed by atoms with van der Waals surface area (Å²) in [5.74, 6) is 3.60. The molecule has 2 atom stereocenters. The van der Waals surface area contributed by atoms with Gasteiger partial charge < -0.3 is 18.9 Å². The van der Waals surface area contributed by atoms with Crippen LogP contribution in [0.1, 0.15) is 87.1 Å². The summed E-state index contributed by atoms with van der Waals surface area (Å²) >= 11 is 7.11. The second-order valence-corrected chi connectivity index (χ2v) is 22.9. The molecule has 0 amide bonds. The van der Waals surface area contributed by atoms with Gasteiger partial charge in [-0.3, -0.25) is 4.90 Å². The van der Waals surface area contributed by atoms with Gasteiger partial charge in [-0.05, 0) is 92.0 Å². The van der Waals surface area contributed by atoms with E-state index in [0.717, 1.165) is 35.7 Å². The maximum atomic E-state index is 17.5. The topological polar surface area (TPSA) is 65.9 Å². The quantitative estimate of drug-likeness (QED) is 0.0853. The van der Waals surface area contributed by atoms with Gasteiger partial charge in [0.15, 0.2) is 12.6 Å². The average Bonchev–Trinajstić information content (AvgIpc) is 3.61. The van der Waals surface area contributed by atoms with Crippen LogP contribution in [0.2, 0.25) is 21.6 Å². The number of rotatable bonds is 11. The second-order valence-electron chi connectivity index (χ2n) is 16.9. The van der Waals surface area contributed by atoms with Crippen LogP contribution in [0.15, 0.2) is 36.4 Å². The van der Waals surface area contributed by atoms with Crippen molar-refractivity contribution in [2.45, 2.75) is 116 Å². The minimum absolute atomic E-state index is 0.00000555. The van der Waals surface area contributed by atoms with Crippen molar-refractivity contribution in [1.82, 2.24) is 14.9 Å². The number of hydrogen-bond donors (Lipinski definition) is 0. The molecule has 4 aromatic rings. The first kappa shape index (κ1) is 40.2. The number of ether oxygens (including phenoxy) is 4. The molecule has 290 valence electrons. The zero-order chi connectivity index (χ0) is 39.2. The Morgan fingerprint density at radius 2 is 1.76 bits per heavy atom. The molecule has 6 rings (SSSR count). The predicted molar refractivity (Wildman–Crippen MR) is 217 cm³/mol. The van der Waals surface area contributed by atoms with E-state index in [4.69, 9.17) is 30.5 Å². The minimum Gasteiger partial charge on any atom is -0.471 e. The lowest BCUT2D eigenvalue weighted by atomic mass is 9.93. The molecule has 0 unspecified atom stereocenters. The molecule has 0 saturated carbocycles. The van der Waals surface area contributed by atoms with Gasteiger partial charge >= 0.3 is 6.01 Å². The summed E-state index contributed by atoms with van der Waals surface area (Å²) in [4.78, 5) is 11.4. The van der Waals surface area contributed by atoms with E-state index in [1.165, 1.54) is 0 Å². The highest BCUT2D eigenvalue weighted by molar-refractivity contribution is 6.90. The number of aromatic nitrogens is 2. The largest absolute Gasteiger partial charge is 0.471 e. The lowest BCUT2D eigenvalue weighted by Crippen LogP contribution is -2.43. The van der Waals surface area contributed by atoms with Gasteiger partial charge in [-0.1, -0.05) is 71.2 Å². The van der Waals surface area contributed by atoms with Gasteiger partial charge in [0.1, 0.15) is 37.7 Å². The van der Waals surface area contributed by atoms with Crippen molar-refractivity contribution in [3.63, 3.8) is 0 Å². The number of fused-ring (bicyclic) bond motifs is 3. The van der Waals surface area contributed by atoms with Crippen LogP contribution in [-0.2, 0) is 4.74 Å². The summed E-state index contributed by atoms with van der Waals surface area (Å²) in [5, 5.41) is 2.04. The van der Waals surface area contributed by atoms with Crippen molar-refractivity contribution in [1.29, 1.82) is 0 Å². The van der Waals surface area contributed by atoms with Crippen LogP contribution < -0.4 is 14.2 Å². The molecule has 7 nitrogen and oxygen atoms in total. The fourth-order valence-electron chi connectivity index (χ4n) is 9.00. The Hall–Kier alpha value is -3.49. The van der Waals surface area contributed by atoms with E-state index < -0.39 is 31.2 Å². The number of hydrogen-bond acceptors (Lipinski definition) is 7. The van der Waals surface area contributed by atoms with Crippen molar-refractivity contribution in [2.75, 3.05) is 33.6 Å². The first-order valence-corrected chi connectivity index (χ1v) is 21.7. The van der Waals surface area contributed by atoms with Crippen molar-refractivity contribution >= 4 is 41.4 Å². The highest BCUT2D eigenvalue weighted by Crippen LogP contribution is 2.45. The lowest BCUT2D eigenvalue weighted by Gasteiger charge is -2.38. The monoisotopic (exact) mass is 777 g/mol. The molecular weight excluding hydrogens is 724 g/mol. The number of methoxy groups -OCH3 is 1. The molecule has 2 aliphatic heterocycles. The predicted octanol–water partition coefficient (Wildman–Crippen LogP) is 10.9. The number of benzene rings is 3. The summed E-state index contributed by atoms with van der Waals surface area (Å²) in [6.07, 6.45) is 1.25. The molecule has 3 aromatic carbocycles. The van der Waals surface area contributed by atoms with Crippen LogP contribution in [0, 0.1) is 17.3 Å². The van der Waals surface area contributed by atoms with Crippen molar-refractivity contribution < 1.29 is 27.7 Å². The smallest absolute Gasteiger partial charge is 0.320 e. The lowest BCUT2D eigenvalue weighted by molar-refractivity contribution is 0.0512. The van der Waals surface area contributed by atoms with Crippen molar-refractivity contribution in [3.05, 3.63) is 52.8 Å². The molecule has 2 fully saturated rings. The third kappa shape index (κ3) is 7.67. The first-order valence-electron chi connectivity index (χ1n) is 19.1. The van der Waals surface area contributed by atoms with Crippen LogP contribution in [0.5, 0.6) is 17.6 Å². The van der Waals surface area contributed by atoms with E-state index >= 15 is 4.39 Å². The normalized spacial score (nSPS) is 19.2. The van der Waals surface area contributed by atoms with E-state index in [9.17, 15) is 4.39 Å². The zero-order valence-corrected chi connectivity index (χ0v) is 35.1. The first-order chi connectivity index (χ1) is 25.5. The Morgan fingerprint density at radius 1 is 1.04 bits per heavy atom. The Bertz CT molecular complexity index is 2070. The van der Waals surface area contributed by atoms with E-state index in [2.05, 4.69) is 67.9 Å². The Labute approximate surface area is 325 Å². The molecule has 0 spiro atoms. The molecule has 0 aliphatic carbocycles. The molecule has 0 bridgehead atoms. The summed E-state index contributed by atoms with van der Waals surface area (Å²) < 4.78 is 55.8. The standard InChI is InChI=1S/C43H54ClF2N3O4Si/c1-26(2)54(27(3)4,28(5)6)18-15-29-13-11-14-30-19-32(52-25-50-10)20-33(36(29)30)37-35(44)21-34-39(38(37)46)47-41(48-40(34)53-42(7,8)9)51-24-43-16-12-17-49(43)23-31(45)22-43/h11,13-14,19-21,26-28,31H,12,16-17,22-25H2,1-10H3/t31-,43+/m1/s1. The molecular formula is C43H54ClF2N3O4Si. The maximum absolute atomic E-state index is 17.5. The molecule has 1 aromatic heterocycles. The van der Waals surface area contributed by atoms with Gasteiger partial charge in [0.05, 0.1) is 15.9 Å². The number of halogens is 3. The Balaban J connectivity index is 1.57. The fraction of sp³-hybridized carbons (Fsp3) is 0.535. The van der Waals surface area contributed by atoms with E-state index in [1.807, 2.05) is 45.0 Å². The van der Waals surface area contributed by atoms with E-state index in [-0.39, 0.29) is 41.4 Å². The average molecular weight is 778 g/mol. The van der Waals surface area contributed by atoms with Gasteiger partial charge in [0.25, 0.3) is 0 Å². The SMILES string of the molecule is COCOc1cc(-c2c(Cl)cc3c(OC(C)(C)C)nc(OC[C@@]45CCCN4C[C@H](F)C5)nc3c2F)c2c(C#C[Si](C(C)C)(C(C)C)C(C)C)cccc2c1. The number of alkyl halides is 1. The summed E-state index contributed by atoms with van der Waals surface area (Å²) in [6.45, 7) is 20.8. The zero-order valence-electron chi connectivity index (χ0n) is 33.3. The minimum atomic E-state index is -2.11. The summed E-state index contributed by atoms with van der Waals surface area (Å²) in [5.41, 5.74) is 5.48. The Kier molecular flexibility index (Phi) is 11.6. The number of nitrogens with zero attached hydrogens (tertiary/aromatic N) is 3. The molecule has 2 aliphatic rings. The second kappa shape index (κ2) is 15.6. The van der Waals surface area contributed by atoms with E-state index in [0.29, 0.717) is 46.3 Å². The van der Waals surface area contributed by atoms with Crippen molar-refractivity contribution in [2.24, 2.45) is 0 Å². The third-order valence-electron chi connectivity index (χ3n) is 11.3. The summed E-state index contributed by atoms with van der Waals surface area (Å²) in [7, 11) is -0.566.